The van der Waals surface area contributed by atoms with Gasteiger partial charge in [0.1, 0.15) is 11.4 Å². The van der Waals surface area contributed by atoms with Crippen molar-refractivity contribution in [3.63, 3.8) is 0 Å². The Labute approximate surface area is 194 Å². The standard InChI is InChI=1S/C26H30ClNO4/c1-25(2,3)32-23(29)10-13-28-14-11-26(12-15-28)17-31-22-16-18(8-9-20(22)26)24(30)19-6-4-5-7-21(19)27/h4-9,16H,10-15,17H2,1-3H3. The summed E-state index contributed by atoms with van der Waals surface area (Å²) in [6, 6.07) is 12.9. The molecule has 2 heterocycles. The van der Waals surface area contributed by atoms with E-state index in [1.807, 2.05) is 51.1 Å². The zero-order chi connectivity index (χ0) is 22.9. The molecule has 0 aliphatic carbocycles. The van der Waals surface area contributed by atoms with Crippen molar-refractivity contribution in [2.24, 2.45) is 0 Å². The molecule has 0 aromatic heterocycles. The lowest BCUT2D eigenvalue weighted by Crippen LogP contribution is -2.44. The van der Waals surface area contributed by atoms with Gasteiger partial charge in [0.25, 0.3) is 0 Å². The smallest absolute Gasteiger partial charge is 0.307 e. The van der Waals surface area contributed by atoms with E-state index in [0.29, 0.717) is 35.7 Å². The summed E-state index contributed by atoms with van der Waals surface area (Å²) in [5.41, 5.74) is 1.80. The number of esters is 1. The van der Waals surface area contributed by atoms with Crippen molar-refractivity contribution >= 4 is 23.4 Å². The predicted octanol–water partition coefficient (Wildman–Crippen LogP) is 5.03. The largest absolute Gasteiger partial charge is 0.492 e. The molecule has 1 fully saturated rings. The van der Waals surface area contributed by atoms with Crippen LogP contribution in [-0.4, -0.2) is 48.5 Å². The van der Waals surface area contributed by atoms with E-state index in [1.165, 1.54) is 5.56 Å². The van der Waals surface area contributed by atoms with Gasteiger partial charge in [-0.3, -0.25) is 9.59 Å². The van der Waals surface area contributed by atoms with Gasteiger partial charge in [-0.25, -0.2) is 0 Å². The van der Waals surface area contributed by atoms with Crippen molar-refractivity contribution in [2.75, 3.05) is 26.2 Å². The summed E-state index contributed by atoms with van der Waals surface area (Å²) in [5.74, 6) is 0.549. The van der Waals surface area contributed by atoms with E-state index in [2.05, 4.69) is 4.90 Å². The minimum absolute atomic E-state index is 0.0241. The molecule has 0 unspecified atom stereocenters. The van der Waals surface area contributed by atoms with E-state index in [4.69, 9.17) is 21.1 Å². The summed E-state index contributed by atoms with van der Waals surface area (Å²) < 4.78 is 11.5. The molecule has 0 saturated carbocycles. The quantitative estimate of drug-likeness (QED) is 0.467. The molecule has 0 bridgehead atoms. The third-order valence-electron chi connectivity index (χ3n) is 6.30. The third-order valence-corrected chi connectivity index (χ3v) is 6.63. The van der Waals surface area contributed by atoms with Crippen LogP contribution in [0.5, 0.6) is 5.75 Å². The molecular weight excluding hydrogens is 426 g/mol. The van der Waals surface area contributed by atoms with Crippen LogP contribution in [-0.2, 0) is 14.9 Å². The van der Waals surface area contributed by atoms with Gasteiger partial charge in [-0.2, -0.15) is 0 Å². The van der Waals surface area contributed by atoms with Crippen LogP contribution in [0.25, 0.3) is 0 Å². The molecule has 32 heavy (non-hydrogen) atoms. The average molecular weight is 456 g/mol. The lowest BCUT2D eigenvalue weighted by atomic mass is 9.74. The van der Waals surface area contributed by atoms with Crippen LogP contribution in [0, 0.1) is 0 Å². The van der Waals surface area contributed by atoms with Gasteiger partial charge in [0.2, 0.25) is 0 Å². The molecule has 4 rings (SSSR count). The van der Waals surface area contributed by atoms with Crippen LogP contribution in [0.15, 0.2) is 42.5 Å². The lowest BCUT2D eigenvalue weighted by molar-refractivity contribution is -0.155. The number of nitrogens with zero attached hydrogens (tertiary/aromatic N) is 1. The first-order valence-electron chi connectivity index (χ1n) is 11.2. The molecule has 170 valence electrons. The number of ketones is 1. The molecule has 2 aliphatic rings. The van der Waals surface area contributed by atoms with Crippen molar-refractivity contribution in [3.05, 3.63) is 64.2 Å². The van der Waals surface area contributed by atoms with E-state index < -0.39 is 5.60 Å². The number of benzene rings is 2. The Morgan fingerprint density at radius 1 is 1.12 bits per heavy atom. The lowest BCUT2D eigenvalue weighted by Gasteiger charge is -2.38. The second kappa shape index (κ2) is 8.87. The zero-order valence-corrected chi connectivity index (χ0v) is 19.7. The highest BCUT2D eigenvalue weighted by atomic mass is 35.5. The van der Waals surface area contributed by atoms with Crippen LogP contribution >= 0.6 is 11.6 Å². The highest BCUT2D eigenvalue weighted by molar-refractivity contribution is 6.35. The minimum atomic E-state index is -0.444. The first-order chi connectivity index (χ1) is 15.2. The number of hydrogen-bond acceptors (Lipinski definition) is 5. The van der Waals surface area contributed by atoms with Crippen LogP contribution in [0.4, 0.5) is 0 Å². The number of fused-ring (bicyclic) bond motifs is 2. The van der Waals surface area contributed by atoms with Gasteiger partial charge in [0.15, 0.2) is 5.78 Å². The van der Waals surface area contributed by atoms with E-state index in [1.54, 1.807) is 12.1 Å². The molecule has 1 spiro atoms. The summed E-state index contributed by atoms with van der Waals surface area (Å²) in [6.07, 6.45) is 2.34. The second-order valence-electron chi connectivity index (χ2n) is 9.77. The van der Waals surface area contributed by atoms with Gasteiger partial charge < -0.3 is 14.4 Å². The Bertz CT molecular complexity index is 1020. The number of likely N-dealkylation sites (tertiary alicyclic amines) is 1. The van der Waals surface area contributed by atoms with Gasteiger partial charge >= 0.3 is 5.97 Å². The Kier molecular flexibility index (Phi) is 6.33. The maximum absolute atomic E-state index is 12.9. The Balaban J connectivity index is 1.39. The average Bonchev–Trinajstić information content (AvgIpc) is 3.09. The van der Waals surface area contributed by atoms with Crippen molar-refractivity contribution in [1.29, 1.82) is 0 Å². The molecule has 2 aromatic carbocycles. The monoisotopic (exact) mass is 455 g/mol. The molecule has 5 nitrogen and oxygen atoms in total. The molecule has 2 aromatic rings. The summed E-state index contributed by atoms with van der Waals surface area (Å²) >= 11 is 6.21. The van der Waals surface area contributed by atoms with Crippen LogP contribution in [0.2, 0.25) is 5.02 Å². The maximum Gasteiger partial charge on any atom is 0.307 e. The molecule has 0 N–H and O–H groups in total. The number of ether oxygens (including phenoxy) is 2. The first kappa shape index (κ1) is 22.8. The summed E-state index contributed by atoms with van der Waals surface area (Å²) in [7, 11) is 0. The van der Waals surface area contributed by atoms with E-state index >= 15 is 0 Å². The van der Waals surface area contributed by atoms with Gasteiger partial charge in [0.05, 0.1) is 18.1 Å². The van der Waals surface area contributed by atoms with E-state index in [0.717, 1.165) is 31.7 Å². The molecular formula is C26H30ClNO4. The van der Waals surface area contributed by atoms with Gasteiger partial charge in [-0.15, -0.1) is 0 Å². The number of piperidine rings is 1. The second-order valence-corrected chi connectivity index (χ2v) is 10.2. The normalized spacial score (nSPS) is 17.6. The fourth-order valence-electron chi connectivity index (χ4n) is 4.58. The fraction of sp³-hybridized carbons (Fsp3) is 0.462. The Hall–Kier alpha value is -2.37. The SMILES string of the molecule is CC(C)(C)OC(=O)CCN1CCC2(CC1)COc1cc(C(=O)c3ccccc3Cl)ccc12. The first-order valence-corrected chi connectivity index (χ1v) is 11.6. The van der Waals surface area contributed by atoms with Crippen LogP contribution < -0.4 is 4.74 Å². The third kappa shape index (κ3) is 4.84. The van der Waals surface area contributed by atoms with Crippen LogP contribution in [0.1, 0.15) is 61.5 Å². The van der Waals surface area contributed by atoms with Crippen molar-refractivity contribution < 1.29 is 19.1 Å². The Morgan fingerprint density at radius 3 is 2.53 bits per heavy atom. The summed E-state index contributed by atoms with van der Waals surface area (Å²) in [5, 5.41) is 0.453. The maximum atomic E-state index is 12.9. The van der Waals surface area contributed by atoms with E-state index in [9.17, 15) is 9.59 Å². The molecule has 0 amide bonds. The van der Waals surface area contributed by atoms with E-state index in [-0.39, 0.29) is 17.2 Å². The van der Waals surface area contributed by atoms with Gasteiger partial charge in [0, 0.05) is 28.7 Å². The molecule has 6 heteroatoms. The highest BCUT2D eigenvalue weighted by Gasteiger charge is 2.43. The fourth-order valence-corrected chi connectivity index (χ4v) is 4.80. The predicted molar refractivity (Wildman–Crippen MR) is 125 cm³/mol. The topological polar surface area (TPSA) is 55.8 Å². The number of carbonyl (C=O) groups is 2. The number of halogens is 1. The molecule has 1 saturated heterocycles. The summed E-state index contributed by atoms with van der Waals surface area (Å²) in [6.45, 7) is 8.83. The minimum Gasteiger partial charge on any atom is -0.492 e. The van der Waals surface area contributed by atoms with Crippen LogP contribution in [0.3, 0.4) is 0 Å². The Morgan fingerprint density at radius 2 is 1.84 bits per heavy atom. The van der Waals surface area contributed by atoms with Crippen molar-refractivity contribution in [1.82, 2.24) is 4.90 Å². The summed E-state index contributed by atoms with van der Waals surface area (Å²) in [4.78, 5) is 27.2. The van der Waals surface area contributed by atoms with Gasteiger partial charge in [-0.1, -0.05) is 35.9 Å². The molecule has 0 atom stereocenters. The van der Waals surface area contributed by atoms with Gasteiger partial charge in [-0.05, 0) is 64.9 Å². The number of hydrogen-bond donors (Lipinski definition) is 0. The van der Waals surface area contributed by atoms with Crippen molar-refractivity contribution in [2.45, 2.75) is 51.0 Å². The molecule has 2 aliphatic heterocycles. The van der Waals surface area contributed by atoms with Crippen molar-refractivity contribution in [3.8, 4) is 5.75 Å². The zero-order valence-electron chi connectivity index (χ0n) is 18.9. The number of carbonyl (C=O) groups excluding carboxylic acids is 2. The highest BCUT2D eigenvalue weighted by Crippen LogP contribution is 2.46. The molecule has 0 radical (unpaired) electrons. The number of rotatable bonds is 5.